The molecule has 0 aliphatic carbocycles. The van der Waals surface area contributed by atoms with Crippen molar-refractivity contribution in [2.24, 2.45) is 0 Å². The van der Waals surface area contributed by atoms with Gasteiger partial charge in [0.25, 0.3) is 5.56 Å². The number of anilines is 1. The monoisotopic (exact) mass is 281 g/mol. The summed E-state index contributed by atoms with van der Waals surface area (Å²) in [6.07, 6.45) is 0. The minimum absolute atomic E-state index is 0.0318. The van der Waals surface area contributed by atoms with Crippen molar-refractivity contribution in [3.63, 3.8) is 0 Å². The standard InChI is InChI=1S/C16H15N3O2/c1-11-5-3-4-6-14(11)18-15(20)10-19-12(2)7-8-13(9-17)16(19)21/h3-8H,10H2,1-2H3,(H,18,20). The number of amides is 1. The zero-order valence-electron chi connectivity index (χ0n) is 11.9. The van der Waals surface area contributed by atoms with Crippen LogP contribution in [0, 0.1) is 25.2 Å². The van der Waals surface area contributed by atoms with Gasteiger partial charge >= 0.3 is 0 Å². The van der Waals surface area contributed by atoms with Crippen molar-refractivity contribution in [2.45, 2.75) is 20.4 Å². The normalized spacial score (nSPS) is 9.95. The quantitative estimate of drug-likeness (QED) is 0.934. The van der Waals surface area contributed by atoms with Gasteiger partial charge in [0, 0.05) is 11.4 Å². The molecular weight excluding hydrogens is 266 g/mol. The number of rotatable bonds is 3. The summed E-state index contributed by atoms with van der Waals surface area (Å²) in [7, 11) is 0. The van der Waals surface area contributed by atoms with E-state index in [1.54, 1.807) is 19.1 Å². The van der Waals surface area contributed by atoms with Gasteiger partial charge in [-0.1, -0.05) is 18.2 Å². The van der Waals surface area contributed by atoms with Crippen LogP contribution in [-0.2, 0) is 11.3 Å². The van der Waals surface area contributed by atoms with E-state index in [2.05, 4.69) is 5.32 Å². The number of carbonyl (C=O) groups is 1. The predicted molar refractivity (Wildman–Crippen MR) is 80.0 cm³/mol. The van der Waals surface area contributed by atoms with E-state index in [0.717, 1.165) is 5.56 Å². The lowest BCUT2D eigenvalue weighted by molar-refractivity contribution is -0.116. The number of para-hydroxylation sites is 1. The van der Waals surface area contributed by atoms with Crippen molar-refractivity contribution in [3.8, 4) is 6.07 Å². The maximum Gasteiger partial charge on any atom is 0.269 e. The molecule has 5 nitrogen and oxygen atoms in total. The predicted octanol–water partition coefficient (Wildman–Crippen LogP) is 1.98. The van der Waals surface area contributed by atoms with Gasteiger partial charge in [-0.15, -0.1) is 0 Å². The molecule has 106 valence electrons. The number of hydrogen-bond acceptors (Lipinski definition) is 3. The highest BCUT2D eigenvalue weighted by atomic mass is 16.2. The van der Waals surface area contributed by atoms with Crippen LogP contribution in [0.3, 0.4) is 0 Å². The molecule has 0 aliphatic heterocycles. The number of aryl methyl sites for hydroxylation is 2. The van der Waals surface area contributed by atoms with Gasteiger partial charge in [0.05, 0.1) is 0 Å². The average Bonchev–Trinajstić information content (AvgIpc) is 2.46. The van der Waals surface area contributed by atoms with E-state index in [1.165, 1.54) is 10.6 Å². The Hall–Kier alpha value is -2.87. The van der Waals surface area contributed by atoms with Crippen LogP contribution in [0.2, 0.25) is 0 Å². The largest absolute Gasteiger partial charge is 0.324 e. The molecule has 0 aliphatic rings. The zero-order chi connectivity index (χ0) is 15.4. The van der Waals surface area contributed by atoms with Gasteiger partial charge in [-0.25, -0.2) is 0 Å². The number of carbonyl (C=O) groups excluding carboxylic acids is 1. The summed E-state index contributed by atoms with van der Waals surface area (Å²) < 4.78 is 1.30. The van der Waals surface area contributed by atoms with Crippen LogP contribution in [0.5, 0.6) is 0 Å². The van der Waals surface area contributed by atoms with Gasteiger partial charge in [0.15, 0.2) is 0 Å². The highest BCUT2D eigenvalue weighted by molar-refractivity contribution is 5.91. The second-order valence-corrected chi connectivity index (χ2v) is 4.75. The van der Waals surface area contributed by atoms with E-state index in [4.69, 9.17) is 5.26 Å². The first-order valence-corrected chi connectivity index (χ1v) is 6.49. The van der Waals surface area contributed by atoms with Crippen LogP contribution in [0.1, 0.15) is 16.8 Å². The first-order chi connectivity index (χ1) is 10.0. The minimum Gasteiger partial charge on any atom is -0.324 e. The number of aromatic nitrogens is 1. The maximum atomic E-state index is 12.1. The number of nitriles is 1. The molecule has 0 saturated heterocycles. The molecule has 0 atom stereocenters. The Balaban J connectivity index is 2.24. The molecule has 0 saturated carbocycles. The highest BCUT2D eigenvalue weighted by Gasteiger charge is 2.10. The van der Waals surface area contributed by atoms with E-state index >= 15 is 0 Å². The van der Waals surface area contributed by atoms with E-state index in [9.17, 15) is 9.59 Å². The van der Waals surface area contributed by atoms with Crippen LogP contribution in [0.4, 0.5) is 5.69 Å². The average molecular weight is 281 g/mol. The van der Waals surface area contributed by atoms with E-state index in [-0.39, 0.29) is 18.0 Å². The molecule has 1 aromatic carbocycles. The lowest BCUT2D eigenvalue weighted by Gasteiger charge is -2.11. The lowest BCUT2D eigenvalue weighted by atomic mass is 10.2. The second-order valence-electron chi connectivity index (χ2n) is 4.75. The van der Waals surface area contributed by atoms with Gasteiger partial charge in [0.2, 0.25) is 5.91 Å². The van der Waals surface area contributed by atoms with Gasteiger partial charge in [-0.2, -0.15) is 5.26 Å². The topological polar surface area (TPSA) is 74.9 Å². The summed E-state index contributed by atoms with van der Waals surface area (Å²) >= 11 is 0. The molecule has 0 radical (unpaired) electrons. The Kier molecular flexibility index (Phi) is 4.19. The van der Waals surface area contributed by atoms with Gasteiger partial charge in [-0.3, -0.25) is 9.59 Å². The van der Waals surface area contributed by atoms with Crippen molar-refractivity contribution >= 4 is 11.6 Å². The molecule has 2 aromatic rings. The SMILES string of the molecule is Cc1ccccc1NC(=O)Cn1c(C)ccc(C#N)c1=O. The van der Waals surface area contributed by atoms with E-state index < -0.39 is 5.56 Å². The fourth-order valence-corrected chi connectivity index (χ4v) is 2.00. The summed E-state index contributed by atoms with van der Waals surface area (Å²) in [6, 6.07) is 12.4. The van der Waals surface area contributed by atoms with Gasteiger partial charge in [0.1, 0.15) is 18.2 Å². The van der Waals surface area contributed by atoms with Gasteiger partial charge in [-0.05, 0) is 37.6 Å². The first kappa shape index (κ1) is 14.5. The third kappa shape index (κ3) is 3.18. The molecule has 0 bridgehead atoms. The molecular formula is C16H15N3O2. The number of hydrogen-bond donors (Lipinski definition) is 1. The first-order valence-electron chi connectivity index (χ1n) is 6.49. The Bertz CT molecular complexity index is 785. The molecule has 0 unspecified atom stereocenters. The minimum atomic E-state index is -0.447. The third-order valence-electron chi connectivity index (χ3n) is 3.23. The molecule has 1 amide bonds. The molecule has 21 heavy (non-hydrogen) atoms. The molecule has 1 aromatic heterocycles. The summed E-state index contributed by atoms with van der Waals surface area (Å²) in [5.74, 6) is -0.301. The summed E-state index contributed by atoms with van der Waals surface area (Å²) in [4.78, 5) is 24.1. The Morgan fingerprint density at radius 2 is 1.95 bits per heavy atom. The van der Waals surface area contributed by atoms with Crippen LogP contribution in [0.25, 0.3) is 0 Å². The maximum absolute atomic E-state index is 12.1. The Labute approximate surface area is 122 Å². The zero-order valence-corrected chi connectivity index (χ0v) is 11.9. The molecule has 1 heterocycles. The number of benzene rings is 1. The second kappa shape index (κ2) is 6.06. The van der Waals surface area contributed by atoms with Crippen molar-refractivity contribution in [3.05, 3.63) is 63.6 Å². The number of nitrogens with zero attached hydrogens (tertiary/aromatic N) is 2. The van der Waals surface area contributed by atoms with Crippen LogP contribution < -0.4 is 10.9 Å². The lowest BCUT2D eigenvalue weighted by Crippen LogP contribution is -2.30. The van der Waals surface area contributed by atoms with E-state index in [0.29, 0.717) is 11.4 Å². The summed E-state index contributed by atoms with van der Waals surface area (Å²) in [5.41, 5.74) is 1.88. The Morgan fingerprint density at radius 1 is 1.24 bits per heavy atom. The molecule has 0 fully saturated rings. The summed E-state index contributed by atoms with van der Waals surface area (Å²) in [6.45, 7) is 3.50. The van der Waals surface area contributed by atoms with Crippen LogP contribution in [-0.4, -0.2) is 10.5 Å². The fourth-order valence-electron chi connectivity index (χ4n) is 2.00. The van der Waals surface area contributed by atoms with Crippen molar-refractivity contribution in [1.29, 1.82) is 5.26 Å². The number of nitrogens with one attached hydrogen (secondary N) is 1. The van der Waals surface area contributed by atoms with Crippen molar-refractivity contribution < 1.29 is 4.79 Å². The fraction of sp³-hybridized carbons (Fsp3) is 0.188. The highest BCUT2D eigenvalue weighted by Crippen LogP contribution is 2.13. The molecule has 2 rings (SSSR count). The Morgan fingerprint density at radius 3 is 2.62 bits per heavy atom. The molecule has 0 spiro atoms. The smallest absolute Gasteiger partial charge is 0.269 e. The van der Waals surface area contributed by atoms with Crippen molar-refractivity contribution in [2.75, 3.05) is 5.32 Å². The van der Waals surface area contributed by atoms with Gasteiger partial charge < -0.3 is 9.88 Å². The van der Waals surface area contributed by atoms with Crippen molar-refractivity contribution in [1.82, 2.24) is 4.57 Å². The third-order valence-corrected chi connectivity index (χ3v) is 3.23. The summed E-state index contributed by atoms with van der Waals surface area (Å²) in [5, 5.41) is 11.6. The van der Waals surface area contributed by atoms with Crippen LogP contribution >= 0.6 is 0 Å². The molecule has 1 N–H and O–H groups in total. The van der Waals surface area contributed by atoms with Crippen LogP contribution in [0.15, 0.2) is 41.2 Å². The number of pyridine rings is 1. The van der Waals surface area contributed by atoms with E-state index in [1.807, 2.05) is 31.2 Å². The molecule has 5 heteroatoms.